The van der Waals surface area contributed by atoms with Gasteiger partial charge in [-0.25, -0.2) is 13.9 Å². The minimum atomic E-state index is -0.554. The van der Waals surface area contributed by atoms with Crippen LogP contribution in [0.1, 0.15) is 10.4 Å². The highest BCUT2D eigenvalue weighted by Gasteiger charge is 2.14. The lowest BCUT2D eigenvalue weighted by molar-refractivity contribution is 0.102. The zero-order chi connectivity index (χ0) is 23.7. The van der Waals surface area contributed by atoms with Crippen LogP contribution in [-0.4, -0.2) is 25.1 Å². The molecular formula is C24H16ClFN6O2. The predicted molar refractivity (Wildman–Crippen MR) is 128 cm³/mol. The first-order valence-electron chi connectivity index (χ1n) is 10.1. The number of nitrogens with zero attached hydrogens (tertiary/aromatic N) is 4. The smallest absolute Gasteiger partial charge is 0.267 e. The van der Waals surface area contributed by atoms with Gasteiger partial charge in [-0.05, 0) is 60.7 Å². The fourth-order valence-electron chi connectivity index (χ4n) is 3.44. The van der Waals surface area contributed by atoms with Gasteiger partial charge in [0.05, 0.1) is 5.69 Å². The lowest BCUT2D eigenvalue weighted by Gasteiger charge is -2.11. The highest BCUT2D eigenvalue weighted by Crippen LogP contribution is 2.24. The Morgan fingerprint density at radius 1 is 0.971 bits per heavy atom. The molecule has 0 unspecified atom stereocenters. The molecule has 0 aliphatic carbocycles. The summed E-state index contributed by atoms with van der Waals surface area (Å²) in [5.74, 6) is -0.966. The first-order valence-corrected chi connectivity index (χ1v) is 10.5. The van der Waals surface area contributed by atoms with E-state index in [4.69, 9.17) is 11.6 Å². The fraction of sp³-hybridized carbons (Fsp3) is 0. The summed E-state index contributed by atoms with van der Waals surface area (Å²) >= 11 is 6.07. The number of carbonyl (C=O) groups is 1. The second-order valence-electron chi connectivity index (χ2n) is 7.31. The van der Waals surface area contributed by atoms with Crippen LogP contribution in [-0.2, 0) is 0 Å². The van der Waals surface area contributed by atoms with Gasteiger partial charge in [0.1, 0.15) is 11.4 Å². The predicted octanol–water partition coefficient (Wildman–Crippen LogP) is 4.67. The quantitative estimate of drug-likeness (QED) is 0.386. The summed E-state index contributed by atoms with van der Waals surface area (Å²) in [6.45, 7) is 0. The Bertz CT molecular complexity index is 1560. The van der Waals surface area contributed by atoms with Gasteiger partial charge in [-0.15, -0.1) is 0 Å². The average molecular weight is 475 g/mol. The van der Waals surface area contributed by atoms with E-state index in [-0.39, 0.29) is 5.56 Å². The van der Waals surface area contributed by atoms with Gasteiger partial charge in [0.2, 0.25) is 0 Å². The van der Waals surface area contributed by atoms with Crippen molar-refractivity contribution in [1.29, 1.82) is 0 Å². The molecule has 3 heterocycles. The SMILES string of the molecule is O=C(Nc1ccc(Nc2cc(Cl)nn3ccnc23)cc1)c1cccn(-c2ccc(F)cc2)c1=O. The lowest BCUT2D eigenvalue weighted by Crippen LogP contribution is -2.27. The van der Waals surface area contributed by atoms with Crippen molar-refractivity contribution in [2.24, 2.45) is 0 Å². The topological polar surface area (TPSA) is 93.3 Å². The van der Waals surface area contributed by atoms with Gasteiger partial charge >= 0.3 is 0 Å². The number of anilines is 3. The van der Waals surface area contributed by atoms with Crippen LogP contribution in [0.5, 0.6) is 0 Å². The summed E-state index contributed by atoms with van der Waals surface area (Å²) in [5, 5.41) is 10.4. The van der Waals surface area contributed by atoms with Crippen LogP contribution in [0.4, 0.5) is 21.5 Å². The van der Waals surface area contributed by atoms with Crippen LogP contribution in [0.25, 0.3) is 11.3 Å². The van der Waals surface area contributed by atoms with Gasteiger partial charge in [-0.2, -0.15) is 5.10 Å². The Balaban J connectivity index is 1.34. The molecule has 0 atom stereocenters. The molecule has 1 amide bonds. The molecule has 34 heavy (non-hydrogen) atoms. The highest BCUT2D eigenvalue weighted by atomic mass is 35.5. The van der Waals surface area contributed by atoms with E-state index in [0.717, 1.165) is 5.69 Å². The van der Waals surface area contributed by atoms with Gasteiger partial charge in [0.25, 0.3) is 11.5 Å². The van der Waals surface area contributed by atoms with Crippen molar-refractivity contribution in [3.8, 4) is 5.69 Å². The summed E-state index contributed by atoms with van der Waals surface area (Å²) < 4.78 is 16.1. The Morgan fingerprint density at radius 2 is 1.71 bits per heavy atom. The number of carbonyl (C=O) groups excluding carboxylic acids is 1. The van der Waals surface area contributed by atoms with Gasteiger partial charge in [0, 0.05) is 41.7 Å². The van der Waals surface area contributed by atoms with Crippen molar-refractivity contribution in [1.82, 2.24) is 19.2 Å². The Hall–Kier alpha value is -4.50. The number of pyridine rings is 1. The van der Waals surface area contributed by atoms with E-state index in [1.165, 1.54) is 41.1 Å². The number of halogens is 2. The van der Waals surface area contributed by atoms with Gasteiger partial charge in [-0.3, -0.25) is 14.2 Å². The van der Waals surface area contributed by atoms with Gasteiger partial charge in [-0.1, -0.05) is 11.6 Å². The summed E-state index contributed by atoms with van der Waals surface area (Å²) in [6, 6.07) is 17.1. The molecule has 0 aliphatic heterocycles. The number of imidazole rings is 1. The van der Waals surface area contributed by atoms with Crippen LogP contribution in [0, 0.1) is 5.82 Å². The molecular weight excluding hydrogens is 459 g/mol. The number of benzene rings is 2. The second-order valence-corrected chi connectivity index (χ2v) is 7.69. The van der Waals surface area contributed by atoms with Crippen LogP contribution >= 0.6 is 11.6 Å². The third-order valence-electron chi connectivity index (χ3n) is 5.05. The maximum atomic E-state index is 13.2. The van der Waals surface area contributed by atoms with E-state index in [2.05, 4.69) is 20.7 Å². The molecule has 0 fully saturated rings. The molecule has 0 bridgehead atoms. The number of aromatic nitrogens is 4. The number of hydrogen-bond donors (Lipinski definition) is 2. The molecule has 10 heteroatoms. The Morgan fingerprint density at radius 3 is 2.47 bits per heavy atom. The van der Waals surface area contributed by atoms with Crippen LogP contribution < -0.4 is 16.2 Å². The summed E-state index contributed by atoms with van der Waals surface area (Å²) in [7, 11) is 0. The zero-order valence-electron chi connectivity index (χ0n) is 17.4. The minimum Gasteiger partial charge on any atom is -0.352 e. The van der Waals surface area contributed by atoms with Crippen molar-refractivity contribution in [2.75, 3.05) is 10.6 Å². The third kappa shape index (κ3) is 4.24. The molecule has 0 aliphatic rings. The van der Waals surface area contributed by atoms with Crippen molar-refractivity contribution < 1.29 is 9.18 Å². The molecule has 168 valence electrons. The highest BCUT2D eigenvalue weighted by molar-refractivity contribution is 6.29. The summed E-state index contributed by atoms with van der Waals surface area (Å²) in [5.41, 5.74) is 2.44. The lowest BCUT2D eigenvalue weighted by atomic mass is 10.2. The molecule has 0 saturated heterocycles. The van der Waals surface area contributed by atoms with E-state index in [1.807, 2.05) is 0 Å². The Kier molecular flexibility index (Phi) is 5.52. The first-order chi connectivity index (χ1) is 16.5. The van der Waals surface area contributed by atoms with E-state index >= 15 is 0 Å². The van der Waals surface area contributed by atoms with E-state index < -0.39 is 17.3 Å². The third-order valence-corrected chi connectivity index (χ3v) is 5.23. The number of hydrogen-bond acceptors (Lipinski definition) is 5. The molecule has 8 nitrogen and oxygen atoms in total. The average Bonchev–Trinajstić information content (AvgIpc) is 3.30. The molecule has 0 radical (unpaired) electrons. The van der Waals surface area contributed by atoms with Gasteiger partial charge < -0.3 is 10.6 Å². The summed E-state index contributed by atoms with van der Waals surface area (Å²) in [6.07, 6.45) is 4.84. The van der Waals surface area contributed by atoms with Crippen molar-refractivity contribution in [3.63, 3.8) is 0 Å². The maximum Gasteiger partial charge on any atom is 0.267 e. The first kappa shape index (κ1) is 21.4. The van der Waals surface area contributed by atoms with Crippen molar-refractivity contribution in [3.05, 3.63) is 112 Å². The minimum absolute atomic E-state index is 0.0397. The Labute approximate surface area is 197 Å². The van der Waals surface area contributed by atoms with Crippen molar-refractivity contribution in [2.45, 2.75) is 0 Å². The second kappa shape index (κ2) is 8.80. The summed E-state index contributed by atoms with van der Waals surface area (Å²) in [4.78, 5) is 29.9. The van der Waals surface area contributed by atoms with E-state index in [1.54, 1.807) is 53.3 Å². The molecule has 2 aromatic carbocycles. The molecule has 5 rings (SSSR count). The van der Waals surface area contributed by atoms with Crippen LogP contribution in [0.15, 0.2) is 90.1 Å². The zero-order valence-corrected chi connectivity index (χ0v) is 18.2. The monoisotopic (exact) mass is 474 g/mol. The van der Waals surface area contributed by atoms with E-state index in [9.17, 15) is 14.0 Å². The number of nitrogens with one attached hydrogen (secondary N) is 2. The van der Waals surface area contributed by atoms with Crippen LogP contribution in [0.3, 0.4) is 0 Å². The molecule has 5 aromatic rings. The van der Waals surface area contributed by atoms with Crippen molar-refractivity contribution >= 4 is 40.2 Å². The number of fused-ring (bicyclic) bond motifs is 1. The largest absolute Gasteiger partial charge is 0.352 e. The number of rotatable bonds is 5. The number of amides is 1. The van der Waals surface area contributed by atoms with Gasteiger partial charge in [0.15, 0.2) is 10.8 Å². The normalized spacial score (nSPS) is 10.9. The maximum absolute atomic E-state index is 13.2. The molecule has 2 N–H and O–H groups in total. The standard InChI is InChI=1S/C24H16ClFN6O2/c25-21-14-20(22-27-11-13-32(22)30-21)28-16-5-7-17(8-6-16)29-23(33)19-2-1-12-31(24(19)34)18-9-3-15(26)4-10-18/h1-14,28H,(H,29,33). The molecule has 0 spiro atoms. The van der Waals surface area contributed by atoms with E-state index in [0.29, 0.717) is 27.9 Å². The molecule has 3 aromatic heterocycles. The fourth-order valence-corrected chi connectivity index (χ4v) is 3.63. The molecule has 0 saturated carbocycles. The van der Waals surface area contributed by atoms with Crippen LogP contribution in [0.2, 0.25) is 5.15 Å².